The lowest BCUT2D eigenvalue weighted by Gasteiger charge is -2.18. The maximum absolute atomic E-state index is 13.1. The van der Waals surface area contributed by atoms with Gasteiger partial charge in [0.05, 0.1) is 17.1 Å². The number of ether oxygens (including phenoxy) is 1. The summed E-state index contributed by atoms with van der Waals surface area (Å²) in [6, 6.07) is 10.1. The van der Waals surface area contributed by atoms with Gasteiger partial charge in [0.25, 0.3) is 21.8 Å². The molecule has 200 valence electrons. The summed E-state index contributed by atoms with van der Waals surface area (Å²) < 4.78 is 45.4. The van der Waals surface area contributed by atoms with Gasteiger partial charge in [-0.3, -0.25) is 19.6 Å². The summed E-state index contributed by atoms with van der Waals surface area (Å²) in [6.45, 7) is 3.85. The van der Waals surface area contributed by atoms with Gasteiger partial charge in [-0.15, -0.1) is 11.3 Å². The van der Waals surface area contributed by atoms with Crippen molar-refractivity contribution in [3.05, 3.63) is 75.9 Å². The van der Waals surface area contributed by atoms with Crippen LogP contribution >= 0.6 is 11.3 Å². The number of anilines is 2. The number of sulfonamides is 1. The van der Waals surface area contributed by atoms with Crippen molar-refractivity contribution in [2.45, 2.75) is 38.0 Å². The maximum atomic E-state index is 13.1. The van der Waals surface area contributed by atoms with E-state index in [1.165, 1.54) is 35.6 Å². The second-order valence-electron chi connectivity index (χ2n) is 8.82. The van der Waals surface area contributed by atoms with Crippen LogP contribution in [0.5, 0.6) is 0 Å². The highest BCUT2D eigenvalue weighted by Gasteiger charge is 2.29. The second-order valence-corrected chi connectivity index (χ2v) is 11.6. The Labute approximate surface area is 223 Å². The highest BCUT2D eigenvalue weighted by Crippen LogP contribution is 2.40. The van der Waals surface area contributed by atoms with Crippen LogP contribution in [0.3, 0.4) is 0 Å². The quantitative estimate of drug-likeness (QED) is 0.375. The molecule has 12 heteroatoms. The molecule has 3 N–H and O–H groups in total. The van der Waals surface area contributed by atoms with Crippen molar-refractivity contribution in [3.63, 3.8) is 0 Å². The minimum absolute atomic E-state index is 0.106. The molecule has 0 bridgehead atoms. The average molecular weight is 560 g/mol. The summed E-state index contributed by atoms with van der Waals surface area (Å²) in [5.74, 6) is -1.27. The van der Waals surface area contributed by atoms with Crippen molar-refractivity contribution in [1.82, 2.24) is 5.32 Å². The van der Waals surface area contributed by atoms with Gasteiger partial charge in [-0.25, -0.2) is 17.6 Å². The van der Waals surface area contributed by atoms with Gasteiger partial charge in [0, 0.05) is 16.1 Å². The first kappa shape index (κ1) is 27.3. The highest BCUT2D eigenvalue weighted by atomic mass is 32.2. The first-order chi connectivity index (χ1) is 18.1. The Morgan fingerprint density at radius 1 is 1.05 bits per heavy atom. The predicted octanol–water partition coefficient (Wildman–Crippen LogP) is 4.95. The standard InChI is InChI=1S/C26H26FN3O6S2/c1-3-36-26(33)29-24(32)22-20-13-4-15(2)14-21(20)37-25(22)28-23(31)16-5-9-18(10-6-16)30-38(34,35)19-11-7-17(27)8-12-19/h5-12,15,30H,3-4,13-14H2,1-2H3,(H,28,31)(H,29,32,33). The molecule has 1 heterocycles. The molecule has 1 unspecified atom stereocenters. The summed E-state index contributed by atoms with van der Waals surface area (Å²) in [5.41, 5.74) is 1.50. The van der Waals surface area contributed by atoms with E-state index in [2.05, 4.69) is 22.3 Å². The molecule has 0 radical (unpaired) electrons. The smallest absolute Gasteiger partial charge is 0.414 e. The summed E-state index contributed by atoms with van der Waals surface area (Å²) in [5, 5.41) is 5.32. The molecule has 0 saturated heterocycles. The Balaban J connectivity index is 1.52. The molecule has 3 aromatic rings. The Kier molecular flexibility index (Phi) is 8.12. The number of halogens is 1. The number of amides is 3. The van der Waals surface area contributed by atoms with Crippen LogP contribution in [0.15, 0.2) is 53.4 Å². The Bertz CT molecular complexity index is 1470. The number of hydrogen-bond donors (Lipinski definition) is 3. The first-order valence-corrected chi connectivity index (χ1v) is 14.2. The van der Waals surface area contributed by atoms with E-state index in [1.807, 2.05) is 0 Å². The van der Waals surface area contributed by atoms with Crippen LogP contribution in [0, 0.1) is 11.7 Å². The molecule has 0 aliphatic heterocycles. The zero-order chi connectivity index (χ0) is 27.4. The lowest BCUT2D eigenvalue weighted by atomic mass is 9.88. The van der Waals surface area contributed by atoms with Crippen molar-refractivity contribution in [1.29, 1.82) is 0 Å². The number of imide groups is 1. The molecule has 1 aliphatic carbocycles. The predicted molar refractivity (Wildman–Crippen MR) is 142 cm³/mol. The fourth-order valence-corrected chi connectivity index (χ4v) is 6.56. The van der Waals surface area contributed by atoms with Crippen LogP contribution in [-0.2, 0) is 27.6 Å². The number of rotatable bonds is 7. The zero-order valence-electron chi connectivity index (χ0n) is 20.7. The van der Waals surface area contributed by atoms with Crippen molar-refractivity contribution in [2.75, 3.05) is 16.6 Å². The van der Waals surface area contributed by atoms with E-state index in [0.717, 1.165) is 47.5 Å². The number of hydrogen-bond acceptors (Lipinski definition) is 7. The summed E-state index contributed by atoms with van der Waals surface area (Å²) >= 11 is 1.30. The number of carbonyl (C=O) groups excluding carboxylic acids is 3. The summed E-state index contributed by atoms with van der Waals surface area (Å²) in [4.78, 5) is 38.7. The fraction of sp³-hybridized carbons (Fsp3) is 0.269. The summed E-state index contributed by atoms with van der Waals surface area (Å²) in [7, 11) is -3.95. The molecule has 3 amide bonds. The van der Waals surface area contributed by atoms with Crippen LogP contribution in [0.4, 0.5) is 19.9 Å². The molecule has 9 nitrogen and oxygen atoms in total. The Morgan fingerprint density at radius 3 is 2.39 bits per heavy atom. The maximum Gasteiger partial charge on any atom is 0.414 e. The van der Waals surface area contributed by atoms with E-state index < -0.39 is 33.7 Å². The fourth-order valence-electron chi connectivity index (χ4n) is 4.09. The monoisotopic (exact) mass is 559 g/mol. The van der Waals surface area contributed by atoms with E-state index in [0.29, 0.717) is 17.3 Å². The van der Waals surface area contributed by atoms with Gasteiger partial charge < -0.3 is 10.1 Å². The molecule has 0 fully saturated rings. The molecule has 4 rings (SSSR count). The average Bonchev–Trinajstić information content (AvgIpc) is 3.21. The van der Waals surface area contributed by atoms with E-state index >= 15 is 0 Å². The zero-order valence-corrected chi connectivity index (χ0v) is 22.3. The molecule has 1 aromatic heterocycles. The van der Waals surface area contributed by atoms with Crippen LogP contribution in [-0.4, -0.2) is 32.9 Å². The number of thiophene rings is 1. The lowest BCUT2D eigenvalue weighted by Crippen LogP contribution is -2.32. The Morgan fingerprint density at radius 2 is 1.74 bits per heavy atom. The molecular weight excluding hydrogens is 533 g/mol. The molecule has 0 spiro atoms. The minimum Gasteiger partial charge on any atom is -0.450 e. The first-order valence-electron chi connectivity index (χ1n) is 11.9. The third kappa shape index (κ3) is 6.20. The van der Waals surface area contributed by atoms with Gasteiger partial charge in [0.1, 0.15) is 10.8 Å². The third-order valence-corrected chi connectivity index (χ3v) is 8.55. The molecule has 1 atom stereocenters. The van der Waals surface area contributed by atoms with Crippen LogP contribution in [0.25, 0.3) is 0 Å². The number of fused-ring (bicyclic) bond motifs is 1. The highest BCUT2D eigenvalue weighted by molar-refractivity contribution is 7.92. The molecule has 0 saturated carbocycles. The van der Waals surface area contributed by atoms with E-state index in [-0.39, 0.29) is 28.3 Å². The van der Waals surface area contributed by atoms with E-state index in [1.54, 1.807) is 6.92 Å². The largest absolute Gasteiger partial charge is 0.450 e. The normalized spacial score (nSPS) is 14.8. The molecular formula is C26H26FN3O6S2. The number of benzene rings is 2. The second kappa shape index (κ2) is 11.3. The van der Waals surface area contributed by atoms with Gasteiger partial charge in [-0.2, -0.15) is 0 Å². The van der Waals surface area contributed by atoms with Gasteiger partial charge in [-0.05, 0) is 86.2 Å². The van der Waals surface area contributed by atoms with Gasteiger partial charge in [0.2, 0.25) is 0 Å². The third-order valence-electron chi connectivity index (χ3n) is 5.98. The minimum atomic E-state index is -3.95. The Hall–Kier alpha value is -3.77. The van der Waals surface area contributed by atoms with Crippen molar-refractivity contribution in [3.8, 4) is 0 Å². The van der Waals surface area contributed by atoms with Gasteiger partial charge >= 0.3 is 6.09 Å². The van der Waals surface area contributed by atoms with Crippen LogP contribution in [0.1, 0.15) is 51.4 Å². The number of nitrogens with one attached hydrogen (secondary N) is 3. The molecule has 2 aromatic carbocycles. The van der Waals surface area contributed by atoms with Crippen molar-refractivity contribution in [2.24, 2.45) is 5.92 Å². The molecule has 38 heavy (non-hydrogen) atoms. The topological polar surface area (TPSA) is 131 Å². The number of alkyl carbamates (subject to hydrolysis) is 1. The van der Waals surface area contributed by atoms with Crippen LogP contribution in [0.2, 0.25) is 0 Å². The summed E-state index contributed by atoms with van der Waals surface area (Å²) in [6.07, 6.45) is 1.43. The number of carbonyl (C=O) groups is 3. The van der Waals surface area contributed by atoms with E-state index in [4.69, 9.17) is 4.74 Å². The SMILES string of the molecule is CCOC(=O)NC(=O)c1c(NC(=O)c2ccc(NS(=O)(=O)c3ccc(F)cc3)cc2)sc2c1CCC(C)C2. The van der Waals surface area contributed by atoms with E-state index in [9.17, 15) is 27.2 Å². The van der Waals surface area contributed by atoms with Gasteiger partial charge in [0.15, 0.2) is 0 Å². The van der Waals surface area contributed by atoms with Crippen LogP contribution < -0.4 is 15.4 Å². The van der Waals surface area contributed by atoms with Gasteiger partial charge in [-0.1, -0.05) is 6.92 Å². The van der Waals surface area contributed by atoms with Crippen molar-refractivity contribution < 1.29 is 31.9 Å². The molecule has 1 aliphatic rings. The lowest BCUT2D eigenvalue weighted by molar-refractivity contribution is 0.0925. The van der Waals surface area contributed by atoms with Crippen molar-refractivity contribution >= 4 is 50.0 Å².